The monoisotopic (exact) mass is 334 g/mol. The summed E-state index contributed by atoms with van der Waals surface area (Å²) in [6.07, 6.45) is 4.13. The molecule has 0 aliphatic heterocycles. The SMILES string of the molecule is CN=C(NCCNC(=O)C1CC1)N(C)Cc1cn(C)nc1C(C)C. The lowest BCUT2D eigenvalue weighted by molar-refractivity contribution is -0.122. The molecule has 0 radical (unpaired) electrons. The molecule has 1 aromatic rings. The molecule has 1 aliphatic carbocycles. The van der Waals surface area contributed by atoms with Crippen LogP contribution in [0.4, 0.5) is 0 Å². The van der Waals surface area contributed by atoms with Gasteiger partial charge >= 0.3 is 0 Å². The Bertz CT molecular complexity index is 588. The second-order valence-electron chi connectivity index (χ2n) is 6.76. The summed E-state index contributed by atoms with van der Waals surface area (Å²) in [5, 5.41) is 10.8. The van der Waals surface area contributed by atoms with Crippen molar-refractivity contribution in [3.05, 3.63) is 17.5 Å². The first-order chi connectivity index (χ1) is 11.4. The Morgan fingerprint density at radius 3 is 2.67 bits per heavy atom. The summed E-state index contributed by atoms with van der Waals surface area (Å²) in [5.74, 6) is 1.64. The van der Waals surface area contributed by atoms with Gasteiger partial charge in [0.1, 0.15) is 0 Å². The van der Waals surface area contributed by atoms with Gasteiger partial charge in [-0.2, -0.15) is 5.10 Å². The van der Waals surface area contributed by atoms with Crippen LogP contribution in [0.25, 0.3) is 0 Å². The summed E-state index contributed by atoms with van der Waals surface area (Å²) in [4.78, 5) is 18.0. The fourth-order valence-electron chi connectivity index (χ4n) is 2.73. The van der Waals surface area contributed by atoms with Crippen molar-refractivity contribution >= 4 is 11.9 Å². The molecule has 1 heterocycles. The molecule has 134 valence electrons. The minimum atomic E-state index is 0.178. The van der Waals surface area contributed by atoms with Crippen molar-refractivity contribution in [1.29, 1.82) is 0 Å². The van der Waals surface area contributed by atoms with E-state index in [9.17, 15) is 4.79 Å². The van der Waals surface area contributed by atoms with E-state index >= 15 is 0 Å². The van der Waals surface area contributed by atoms with Crippen LogP contribution >= 0.6 is 0 Å². The van der Waals surface area contributed by atoms with Gasteiger partial charge in [-0.15, -0.1) is 0 Å². The van der Waals surface area contributed by atoms with Gasteiger partial charge in [-0.3, -0.25) is 14.5 Å². The van der Waals surface area contributed by atoms with Gasteiger partial charge in [0.15, 0.2) is 5.96 Å². The minimum absolute atomic E-state index is 0.178. The highest BCUT2D eigenvalue weighted by atomic mass is 16.2. The summed E-state index contributed by atoms with van der Waals surface area (Å²) in [6, 6.07) is 0. The number of aromatic nitrogens is 2. The maximum Gasteiger partial charge on any atom is 0.223 e. The van der Waals surface area contributed by atoms with Crippen LogP contribution in [0.5, 0.6) is 0 Å². The van der Waals surface area contributed by atoms with Crippen molar-refractivity contribution in [3.8, 4) is 0 Å². The molecule has 1 aromatic heterocycles. The van der Waals surface area contributed by atoms with E-state index in [1.165, 1.54) is 5.56 Å². The number of hydrogen-bond donors (Lipinski definition) is 2. The van der Waals surface area contributed by atoms with Crippen molar-refractivity contribution in [2.24, 2.45) is 18.0 Å². The molecule has 2 N–H and O–H groups in total. The smallest absolute Gasteiger partial charge is 0.223 e. The Labute approximate surface area is 144 Å². The largest absolute Gasteiger partial charge is 0.354 e. The molecular formula is C17H30N6O. The summed E-state index contributed by atoms with van der Waals surface area (Å²) >= 11 is 0. The molecular weight excluding hydrogens is 304 g/mol. The van der Waals surface area contributed by atoms with Gasteiger partial charge in [0, 0.05) is 58.5 Å². The summed E-state index contributed by atoms with van der Waals surface area (Å²) in [7, 11) is 5.73. The molecule has 0 unspecified atom stereocenters. The average molecular weight is 334 g/mol. The number of hydrogen-bond acceptors (Lipinski definition) is 3. The zero-order valence-corrected chi connectivity index (χ0v) is 15.5. The van der Waals surface area contributed by atoms with E-state index in [4.69, 9.17) is 0 Å². The highest BCUT2D eigenvalue weighted by Gasteiger charge is 2.29. The number of nitrogens with zero attached hydrogens (tertiary/aromatic N) is 4. The van der Waals surface area contributed by atoms with Gasteiger partial charge in [-0.25, -0.2) is 0 Å². The van der Waals surface area contributed by atoms with Crippen LogP contribution in [0.15, 0.2) is 11.2 Å². The van der Waals surface area contributed by atoms with E-state index < -0.39 is 0 Å². The van der Waals surface area contributed by atoms with Crippen LogP contribution in [0.2, 0.25) is 0 Å². The maximum absolute atomic E-state index is 11.6. The van der Waals surface area contributed by atoms with Crippen LogP contribution in [0.3, 0.4) is 0 Å². The maximum atomic E-state index is 11.6. The standard InChI is InChI=1S/C17H30N6O/c1-12(2)15-14(11-23(5)21-15)10-22(4)17(18-3)20-9-8-19-16(24)13-6-7-13/h11-13H,6-10H2,1-5H3,(H,18,20)(H,19,24). The molecule has 2 rings (SSSR count). The van der Waals surface area contributed by atoms with Gasteiger partial charge in [-0.05, 0) is 18.8 Å². The van der Waals surface area contributed by atoms with E-state index in [1.807, 2.05) is 18.8 Å². The van der Waals surface area contributed by atoms with Crippen LogP contribution in [-0.4, -0.2) is 53.7 Å². The van der Waals surface area contributed by atoms with E-state index in [2.05, 4.69) is 45.7 Å². The number of aliphatic imine (C=N–C) groups is 1. The Balaban J connectivity index is 1.82. The van der Waals surface area contributed by atoms with Crippen molar-refractivity contribution in [3.63, 3.8) is 0 Å². The zero-order valence-electron chi connectivity index (χ0n) is 15.5. The van der Waals surface area contributed by atoms with Crippen molar-refractivity contribution in [2.45, 2.75) is 39.2 Å². The molecule has 1 fully saturated rings. The van der Waals surface area contributed by atoms with Gasteiger partial charge in [-0.1, -0.05) is 13.8 Å². The Hall–Kier alpha value is -2.05. The molecule has 7 nitrogen and oxygen atoms in total. The second kappa shape index (κ2) is 8.17. The third-order valence-corrected chi connectivity index (χ3v) is 4.12. The highest BCUT2D eigenvalue weighted by Crippen LogP contribution is 2.28. The van der Waals surface area contributed by atoms with Gasteiger partial charge in [0.25, 0.3) is 0 Å². The lowest BCUT2D eigenvalue weighted by Crippen LogP contribution is -2.42. The van der Waals surface area contributed by atoms with E-state index in [0.717, 1.165) is 31.0 Å². The van der Waals surface area contributed by atoms with Crippen LogP contribution in [0.1, 0.15) is 43.9 Å². The number of rotatable bonds is 7. The van der Waals surface area contributed by atoms with Crippen LogP contribution in [0, 0.1) is 5.92 Å². The summed E-state index contributed by atoms with van der Waals surface area (Å²) < 4.78 is 1.86. The molecule has 1 amide bonds. The van der Waals surface area contributed by atoms with E-state index in [1.54, 1.807) is 7.05 Å². The second-order valence-corrected chi connectivity index (χ2v) is 6.76. The van der Waals surface area contributed by atoms with E-state index in [-0.39, 0.29) is 11.8 Å². The molecule has 24 heavy (non-hydrogen) atoms. The first kappa shape index (κ1) is 18.3. The quantitative estimate of drug-likeness (QED) is 0.444. The zero-order chi connectivity index (χ0) is 17.7. The first-order valence-electron chi connectivity index (χ1n) is 8.64. The normalized spacial score (nSPS) is 14.8. The minimum Gasteiger partial charge on any atom is -0.354 e. The predicted octanol–water partition coefficient (Wildman–Crippen LogP) is 1.08. The van der Waals surface area contributed by atoms with Crippen LogP contribution < -0.4 is 10.6 Å². The number of carbonyl (C=O) groups is 1. The van der Waals surface area contributed by atoms with Crippen molar-refractivity contribution in [2.75, 3.05) is 27.2 Å². The van der Waals surface area contributed by atoms with Crippen LogP contribution in [-0.2, 0) is 18.4 Å². The molecule has 0 bridgehead atoms. The summed E-state index contributed by atoms with van der Waals surface area (Å²) in [5.41, 5.74) is 2.33. The number of amides is 1. The molecule has 0 spiro atoms. The molecule has 7 heteroatoms. The Morgan fingerprint density at radius 2 is 2.08 bits per heavy atom. The Kier molecular flexibility index (Phi) is 6.23. The first-order valence-corrected chi connectivity index (χ1v) is 8.64. The van der Waals surface area contributed by atoms with Crippen molar-refractivity contribution in [1.82, 2.24) is 25.3 Å². The lowest BCUT2D eigenvalue weighted by atomic mass is 10.1. The molecule has 1 aliphatic rings. The van der Waals surface area contributed by atoms with Gasteiger partial charge < -0.3 is 15.5 Å². The molecule has 0 saturated heterocycles. The van der Waals surface area contributed by atoms with Crippen molar-refractivity contribution < 1.29 is 4.79 Å². The third kappa shape index (κ3) is 4.97. The number of aryl methyl sites for hydroxylation is 1. The predicted molar refractivity (Wildman–Crippen MR) is 95.9 cm³/mol. The number of guanidine groups is 1. The number of nitrogens with one attached hydrogen (secondary N) is 2. The van der Waals surface area contributed by atoms with Gasteiger partial charge in [0.2, 0.25) is 5.91 Å². The molecule has 1 saturated carbocycles. The Morgan fingerprint density at radius 1 is 1.42 bits per heavy atom. The fourth-order valence-corrected chi connectivity index (χ4v) is 2.73. The van der Waals surface area contributed by atoms with E-state index in [0.29, 0.717) is 19.0 Å². The molecule has 0 aromatic carbocycles. The van der Waals surface area contributed by atoms with Gasteiger partial charge in [0.05, 0.1) is 5.69 Å². The number of carbonyl (C=O) groups excluding carboxylic acids is 1. The third-order valence-electron chi connectivity index (χ3n) is 4.12. The lowest BCUT2D eigenvalue weighted by Gasteiger charge is -2.22. The topological polar surface area (TPSA) is 74.6 Å². The average Bonchev–Trinajstić information content (AvgIpc) is 3.31. The fraction of sp³-hybridized carbons (Fsp3) is 0.706. The summed E-state index contributed by atoms with van der Waals surface area (Å²) in [6.45, 7) is 6.34. The molecule has 0 atom stereocenters. The highest BCUT2D eigenvalue weighted by molar-refractivity contribution is 5.81.